The van der Waals surface area contributed by atoms with E-state index in [0.717, 1.165) is 58.3 Å². The van der Waals surface area contributed by atoms with Crippen molar-refractivity contribution in [2.75, 3.05) is 31.1 Å². The van der Waals surface area contributed by atoms with Crippen LogP contribution in [0.4, 0.5) is 14.6 Å². The van der Waals surface area contributed by atoms with Crippen LogP contribution in [0.25, 0.3) is 33.1 Å². The largest absolute Gasteiger partial charge is 0.508 e. The third-order valence-electron chi connectivity index (χ3n) is 9.67. The normalized spacial score (nSPS) is 22.7. The van der Waals surface area contributed by atoms with Gasteiger partial charge < -0.3 is 15.3 Å². The van der Waals surface area contributed by atoms with E-state index < -0.39 is 11.6 Å². The monoisotopic (exact) mass is 567 g/mol. The maximum absolute atomic E-state index is 16.7. The molecule has 4 aliphatic heterocycles. The fourth-order valence-corrected chi connectivity index (χ4v) is 7.71. The molecular formula is C32H31F2N7O. The second kappa shape index (κ2) is 9.54. The summed E-state index contributed by atoms with van der Waals surface area (Å²) in [6.07, 6.45) is 5.65. The second-order valence-corrected chi connectivity index (χ2v) is 12.0. The predicted octanol–water partition coefficient (Wildman–Crippen LogP) is 4.32. The van der Waals surface area contributed by atoms with Crippen LogP contribution in [0.2, 0.25) is 0 Å². The van der Waals surface area contributed by atoms with Crippen LogP contribution < -0.4 is 10.2 Å². The highest BCUT2D eigenvalue weighted by Gasteiger charge is 2.43. The van der Waals surface area contributed by atoms with E-state index in [1.165, 1.54) is 12.1 Å². The number of nitrogens with zero attached hydrogens (tertiary/aromatic N) is 6. The Hall–Kier alpha value is -3.94. The average Bonchev–Trinajstić information content (AvgIpc) is 3.78. The summed E-state index contributed by atoms with van der Waals surface area (Å²) in [5, 5.41) is 23.9. The maximum atomic E-state index is 16.7. The van der Waals surface area contributed by atoms with Gasteiger partial charge in [-0.3, -0.25) is 4.90 Å². The van der Waals surface area contributed by atoms with Crippen LogP contribution in [0.15, 0.2) is 24.3 Å². The summed E-state index contributed by atoms with van der Waals surface area (Å²) in [5.41, 5.74) is 0.767. The van der Waals surface area contributed by atoms with Crippen molar-refractivity contribution >= 4 is 27.6 Å². The van der Waals surface area contributed by atoms with E-state index in [2.05, 4.69) is 42.1 Å². The molecule has 4 fully saturated rings. The molecule has 10 heteroatoms. The fraction of sp³-hybridized carbons (Fsp3) is 0.438. The van der Waals surface area contributed by atoms with E-state index in [-0.39, 0.29) is 45.4 Å². The molecule has 2 bridgehead atoms. The van der Waals surface area contributed by atoms with Gasteiger partial charge in [-0.1, -0.05) is 18.9 Å². The maximum Gasteiger partial charge on any atom is 0.207 e. The number of fused-ring (bicyclic) bond motifs is 5. The lowest BCUT2D eigenvalue weighted by Crippen LogP contribution is -2.44. The molecule has 0 unspecified atom stereocenters. The van der Waals surface area contributed by atoms with Gasteiger partial charge in [0.1, 0.15) is 22.8 Å². The lowest BCUT2D eigenvalue weighted by Gasteiger charge is -2.29. The third kappa shape index (κ3) is 3.87. The first-order chi connectivity index (χ1) is 20.4. The number of hydrogen-bond acceptors (Lipinski definition) is 8. The molecule has 2 aromatic heterocycles. The van der Waals surface area contributed by atoms with Crippen molar-refractivity contribution in [3.8, 4) is 28.8 Å². The molecule has 0 amide bonds. The molecule has 2 aromatic carbocycles. The highest BCUT2D eigenvalue weighted by Crippen LogP contribution is 2.40. The van der Waals surface area contributed by atoms with Crippen LogP contribution in [0.3, 0.4) is 0 Å². The lowest BCUT2D eigenvalue weighted by atomic mass is 9.94. The molecule has 4 aliphatic rings. The van der Waals surface area contributed by atoms with Crippen molar-refractivity contribution in [1.82, 2.24) is 30.4 Å². The Kier molecular flexibility index (Phi) is 5.85. The van der Waals surface area contributed by atoms with Gasteiger partial charge in [-0.05, 0) is 92.1 Å². The first-order valence-electron chi connectivity index (χ1n) is 14.9. The molecule has 214 valence electrons. The summed E-state index contributed by atoms with van der Waals surface area (Å²) < 4.78 is 31.6. The van der Waals surface area contributed by atoms with Crippen LogP contribution in [-0.2, 0) is 6.42 Å². The quantitative estimate of drug-likeness (QED) is 0.354. The van der Waals surface area contributed by atoms with Crippen molar-refractivity contribution < 1.29 is 13.9 Å². The minimum atomic E-state index is -0.686. The van der Waals surface area contributed by atoms with E-state index in [0.29, 0.717) is 34.6 Å². The number of aromatic hydroxyl groups is 1. The topological polar surface area (TPSA) is 90.3 Å². The predicted molar refractivity (Wildman–Crippen MR) is 156 cm³/mol. The summed E-state index contributed by atoms with van der Waals surface area (Å²) in [6, 6.07) is 6.48. The molecule has 8 nitrogen and oxygen atoms in total. The van der Waals surface area contributed by atoms with Crippen molar-refractivity contribution in [1.29, 1.82) is 0 Å². The fourth-order valence-electron chi connectivity index (χ4n) is 7.71. The standard InChI is InChI=1S/C32H31F2N7O/c1-2-22-24(33)6-5-18-13-21(42)15-23(26(18)22)28-27(34)29-30(39-38-28)31(41-17-19-14-20(41)16-35-19)37-25(36-29)7-10-32-8-3-11-40(32)12-4-9-32/h5-6,13,15,19-20,35,42H,2-4,8-9,11-12,14,16-17H2,1H3/t19-,20-/m0/s1. The summed E-state index contributed by atoms with van der Waals surface area (Å²) in [4.78, 5) is 14.1. The molecule has 0 spiro atoms. The van der Waals surface area contributed by atoms with Crippen LogP contribution in [-0.4, -0.2) is 74.0 Å². The van der Waals surface area contributed by atoms with E-state index in [1.54, 1.807) is 12.1 Å². The molecule has 42 heavy (non-hydrogen) atoms. The molecule has 0 saturated carbocycles. The van der Waals surface area contributed by atoms with Gasteiger partial charge in [0, 0.05) is 30.7 Å². The molecule has 0 radical (unpaired) electrons. The number of hydrogen-bond donors (Lipinski definition) is 2. The lowest BCUT2D eigenvalue weighted by molar-refractivity contribution is 0.261. The number of rotatable bonds is 3. The highest BCUT2D eigenvalue weighted by atomic mass is 19.1. The van der Waals surface area contributed by atoms with E-state index in [9.17, 15) is 9.50 Å². The Morgan fingerprint density at radius 2 is 1.93 bits per heavy atom. The van der Waals surface area contributed by atoms with Crippen LogP contribution in [0.1, 0.15) is 50.4 Å². The van der Waals surface area contributed by atoms with E-state index in [4.69, 9.17) is 4.98 Å². The number of anilines is 1. The molecule has 6 heterocycles. The molecule has 4 saturated heterocycles. The van der Waals surface area contributed by atoms with Crippen LogP contribution in [0.5, 0.6) is 5.75 Å². The van der Waals surface area contributed by atoms with Gasteiger partial charge >= 0.3 is 0 Å². The van der Waals surface area contributed by atoms with Gasteiger partial charge in [0.2, 0.25) is 5.82 Å². The number of aromatic nitrogens is 4. The second-order valence-electron chi connectivity index (χ2n) is 12.0. The Morgan fingerprint density at radius 1 is 1.10 bits per heavy atom. The Labute approximate surface area is 242 Å². The van der Waals surface area contributed by atoms with Gasteiger partial charge in [-0.15, -0.1) is 10.2 Å². The molecule has 2 N–H and O–H groups in total. The summed E-state index contributed by atoms with van der Waals surface area (Å²) in [5.74, 6) is 6.40. The first-order valence-corrected chi connectivity index (χ1v) is 14.9. The van der Waals surface area contributed by atoms with Gasteiger partial charge in [0.05, 0.1) is 5.54 Å². The van der Waals surface area contributed by atoms with Crippen LogP contribution >= 0.6 is 0 Å². The number of nitrogens with one attached hydrogen (secondary N) is 1. The Morgan fingerprint density at radius 3 is 2.67 bits per heavy atom. The number of halogens is 2. The summed E-state index contributed by atoms with van der Waals surface area (Å²) >= 11 is 0. The van der Waals surface area contributed by atoms with Gasteiger partial charge in [0.15, 0.2) is 17.2 Å². The summed E-state index contributed by atoms with van der Waals surface area (Å²) in [6.45, 7) is 5.50. The van der Waals surface area contributed by atoms with Crippen molar-refractivity contribution in [2.24, 2.45) is 0 Å². The number of benzene rings is 2. The number of aryl methyl sites for hydroxylation is 1. The van der Waals surface area contributed by atoms with Crippen molar-refractivity contribution in [3.05, 3.63) is 47.3 Å². The number of piperazine rings is 1. The number of phenolic OH excluding ortho intramolecular Hbond substituents is 1. The molecule has 0 aliphatic carbocycles. The van der Waals surface area contributed by atoms with Crippen molar-refractivity contribution in [2.45, 2.75) is 63.1 Å². The summed E-state index contributed by atoms with van der Waals surface area (Å²) in [7, 11) is 0. The van der Waals surface area contributed by atoms with Crippen molar-refractivity contribution in [3.63, 3.8) is 0 Å². The molecule has 8 rings (SSSR count). The first kappa shape index (κ1) is 25.7. The van der Waals surface area contributed by atoms with E-state index >= 15 is 4.39 Å². The molecular weight excluding hydrogens is 536 g/mol. The van der Waals surface area contributed by atoms with Gasteiger partial charge in [-0.25, -0.2) is 18.7 Å². The smallest absolute Gasteiger partial charge is 0.207 e. The van der Waals surface area contributed by atoms with Crippen LogP contribution in [0, 0.1) is 23.5 Å². The Bertz CT molecular complexity index is 1820. The zero-order valence-electron chi connectivity index (χ0n) is 23.4. The zero-order valence-corrected chi connectivity index (χ0v) is 23.4. The number of phenols is 1. The van der Waals surface area contributed by atoms with E-state index in [1.807, 2.05) is 6.92 Å². The zero-order chi connectivity index (χ0) is 28.6. The molecule has 2 atom stereocenters. The van der Waals surface area contributed by atoms with Gasteiger partial charge in [-0.2, -0.15) is 0 Å². The molecule has 4 aromatic rings. The average molecular weight is 568 g/mol. The third-order valence-corrected chi connectivity index (χ3v) is 9.67. The SMILES string of the molecule is CCc1c(F)ccc2cc(O)cc(-c3nnc4c(N5C[C@@H]6C[C@H]5CN6)nc(C#CC56CCCN5CCC6)nc4c3F)c12. The Balaban J connectivity index is 1.34. The van der Waals surface area contributed by atoms with Gasteiger partial charge in [0.25, 0.3) is 0 Å². The highest BCUT2D eigenvalue weighted by molar-refractivity contribution is 6.01. The minimum Gasteiger partial charge on any atom is -0.508 e. The minimum absolute atomic E-state index is 0.0307.